The van der Waals surface area contributed by atoms with Gasteiger partial charge in [-0.3, -0.25) is 9.59 Å². The van der Waals surface area contributed by atoms with Crippen LogP contribution in [0.4, 0.5) is 0 Å². The van der Waals surface area contributed by atoms with Gasteiger partial charge in [0, 0.05) is 37.6 Å². The second-order valence-electron chi connectivity index (χ2n) is 14.1. The van der Waals surface area contributed by atoms with Crippen LogP contribution >= 0.6 is 0 Å². The van der Waals surface area contributed by atoms with Gasteiger partial charge in [-0.1, -0.05) is 69.0 Å². The van der Waals surface area contributed by atoms with E-state index in [1.807, 2.05) is 48.0 Å². The summed E-state index contributed by atoms with van der Waals surface area (Å²) in [7, 11) is 0. The maximum Gasteiger partial charge on any atom is 0.229 e. The van der Waals surface area contributed by atoms with Crippen molar-refractivity contribution in [3.8, 4) is 11.3 Å². The molecule has 1 aliphatic heterocycles. The van der Waals surface area contributed by atoms with E-state index in [0.717, 1.165) is 40.9 Å². The lowest BCUT2D eigenvalue weighted by Crippen LogP contribution is -2.34. The Bertz CT molecular complexity index is 1430. The summed E-state index contributed by atoms with van der Waals surface area (Å²) >= 11 is 0. The second-order valence-corrected chi connectivity index (χ2v) is 14.1. The van der Waals surface area contributed by atoms with Gasteiger partial charge < -0.3 is 19.7 Å². The van der Waals surface area contributed by atoms with E-state index in [4.69, 9.17) is 9.47 Å². The molecule has 1 N–H and O–H groups in total. The SMILES string of the molecule is C=C/C1=C(\C=C/C)c2c(nnn2CCC(C)(C)OCCC(C)(C)OCC(C)(C)CC)-c2ccccc2CN1C(=O)CCNC(C)=O. The molecule has 9 heteroatoms. The van der Waals surface area contributed by atoms with E-state index < -0.39 is 5.60 Å². The van der Waals surface area contributed by atoms with Crippen molar-refractivity contribution in [1.29, 1.82) is 0 Å². The van der Waals surface area contributed by atoms with Crippen molar-refractivity contribution in [1.82, 2.24) is 25.2 Å². The fraction of sp³-hybridized carbons (Fsp3) is 0.568. The molecule has 3 rings (SSSR count). The second kappa shape index (κ2) is 15.8. The zero-order valence-electron chi connectivity index (χ0n) is 29.5. The number of rotatable bonds is 16. The molecule has 2 aromatic rings. The molecule has 0 aliphatic carbocycles. The van der Waals surface area contributed by atoms with Crippen LogP contribution in [0.15, 0.2) is 54.8 Å². The average Bonchev–Trinajstić information content (AvgIpc) is 3.40. The molecule has 0 radical (unpaired) electrons. The van der Waals surface area contributed by atoms with Gasteiger partial charge in [-0.05, 0) is 70.9 Å². The molecule has 1 aromatic heterocycles. The van der Waals surface area contributed by atoms with E-state index in [1.54, 1.807) is 11.0 Å². The molecule has 0 spiro atoms. The first-order valence-corrected chi connectivity index (χ1v) is 16.5. The van der Waals surface area contributed by atoms with E-state index in [9.17, 15) is 9.59 Å². The first kappa shape index (κ1) is 36.9. The van der Waals surface area contributed by atoms with Gasteiger partial charge in [-0.2, -0.15) is 0 Å². The van der Waals surface area contributed by atoms with Crippen molar-refractivity contribution in [2.45, 2.75) is 112 Å². The van der Waals surface area contributed by atoms with E-state index in [-0.39, 0.29) is 35.8 Å². The summed E-state index contributed by atoms with van der Waals surface area (Å²) in [6.07, 6.45) is 8.37. The van der Waals surface area contributed by atoms with Gasteiger partial charge in [0.1, 0.15) is 5.69 Å². The Morgan fingerprint density at radius 2 is 1.76 bits per heavy atom. The number of fused-ring (bicyclic) bond motifs is 3. The molecule has 46 heavy (non-hydrogen) atoms. The van der Waals surface area contributed by atoms with Gasteiger partial charge in [0.25, 0.3) is 0 Å². The summed E-state index contributed by atoms with van der Waals surface area (Å²) in [5.41, 5.74) is 4.41. The van der Waals surface area contributed by atoms with Gasteiger partial charge >= 0.3 is 0 Å². The highest BCUT2D eigenvalue weighted by molar-refractivity contribution is 5.90. The highest BCUT2D eigenvalue weighted by Crippen LogP contribution is 2.37. The Labute approximate surface area is 276 Å². The van der Waals surface area contributed by atoms with Crippen LogP contribution in [0.1, 0.15) is 99.3 Å². The fourth-order valence-electron chi connectivity index (χ4n) is 5.17. The number of allylic oxidation sites excluding steroid dienone is 4. The summed E-state index contributed by atoms with van der Waals surface area (Å²) < 4.78 is 14.6. The molecule has 0 saturated carbocycles. The number of carbonyl (C=O) groups excluding carboxylic acids is 2. The van der Waals surface area contributed by atoms with Crippen LogP contribution < -0.4 is 5.32 Å². The van der Waals surface area contributed by atoms with E-state index in [1.165, 1.54) is 6.92 Å². The molecule has 0 bridgehead atoms. The van der Waals surface area contributed by atoms with Gasteiger partial charge in [0.05, 0.1) is 42.4 Å². The molecule has 0 unspecified atom stereocenters. The molecular weight excluding hydrogens is 578 g/mol. The number of nitrogens with one attached hydrogen (secondary N) is 1. The standard InChI is InChI=1S/C37H55N5O4/c1-11-16-30-31(12-2)41(32(44)19-22-38-27(4)43)25-28-17-14-15-18-29(28)33-34(30)42(40-39-33)23-20-36(7,8)45-24-21-37(9,10)46-26-35(5,6)13-3/h11-12,14-18H,2,13,19-26H2,1,3-10H3,(H,38,43)/b16-11-,31-30-. The molecular formula is C37H55N5O4. The van der Waals surface area contributed by atoms with Crippen molar-refractivity contribution >= 4 is 17.4 Å². The predicted molar refractivity (Wildman–Crippen MR) is 185 cm³/mol. The Morgan fingerprint density at radius 3 is 2.41 bits per heavy atom. The van der Waals surface area contributed by atoms with Crippen LogP contribution in [0.5, 0.6) is 0 Å². The van der Waals surface area contributed by atoms with Crippen LogP contribution in [0.25, 0.3) is 16.8 Å². The van der Waals surface area contributed by atoms with Gasteiger partial charge in [0.15, 0.2) is 0 Å². The number of hydrogen-bond acceptors (Lipinski definition) is 6. The largest absolute Gasteiger partial charge is 0.375 e. The quantitative estimate of drug-likeness (QED) is 0.212. The number of ether oxygens (including phenoxy) is 2. The molecule has 0 saturated heterocycles. The number of benzene rings is 1. The molecule has 9 nitrogen and oxygen atoms in total. The third-order valence-electron chi connectivity index (χ3n) is 8.63. The normalized spacial score (nSPS) is 15.7. The van der Waals surface area contributed by atoms with Gasteiger partial charge in [0.2, 0.25) is 11.8 Å². The molecule has 0 atom stereocenters. The van der Waals surface area contributed by atoms with Crippen LogP contribution in [0, 0.1) is 5.41 Å². The van der Waals surface area contributed by atoms with Crippen molar-refractivity contribution in [3.63, 3.8) is 0 Å². The fourth-order valence-corrected chi connectivity index (χ4v) is 5.17. The molecule has 1 aromatic carbocycles. The molecule has 252 valence electrons. The van der Waals surface area contributed by atoms with Gasteiger partial charge in [-0.15, -0.1) is 5.10 Å². The van der Waals surface area contributed by atoms with Crippen molar-refractivity contribution in [2.75, 3.05) is 19.8 Å². The number of carbonyl (C=O) groups is 2. The Morgan fingerprint density at radius 1 is 1.07 bits per heavy atom. The maximum atomic E-state index is 13.6. The molecule has 1 aliphatic rings. The van der Waals surface area contributed by atoms with E-state index in [0.29, 0.717) is 38.4 Å². The zero-order chi connectivity index (χ0) is 34.1. The van der Waals surface area contributed by atoms with E-state index >= 15 is 0 Å². The smallest absolute Gasteiger partial charge is 0.229 e. The average molecular weight is 634 g/mol. The lowest BCUT2D eigenvalue weighted by Gasteiger charge is -2.33. The lowest BCUT2D eigenvalue weighted by molar-refractivity contribution is -0.129. The van der Waals surface area contributed by atoms with Crippen LogP contribution in [-0.2, 0) is 32.2 Å². The Hall–Kier alpha value is -3.56. The third kappa shape index (κ3) is 9.97. The Balaban J connectivity index is 1.90. The van der Waals surface area contributed by atoms with Crippen LogP contribution in [0.3, 0.4) is 0 Å². The maximum absolute atomic E-state index is 13.6. The van der Waals surface area contributed by atoms with Gasteiger partial charge in [-0.25, -0.2) is 4.68 Å². The topological polar surface area (TPSA) is 98.6 Å². The summed E-state index contributed by atoms with van der Waals surface area (Å²) in [6.45, 7) is 25.1. The number of aryl methyl sites for hydroxylation is 1. The third-order valence-corrected chi connectivity index (χ3v) is 8.63. The molecule has 2 heterocycles. The van der Waals surface area contributed by atoms with E-state index in [2.05, 4.69) is 70.7 Å². The minimum Gasteiger partial charge on any atom is -0.375 e. The summed E-state index contributed by atoms with van der Waals surface area (Å²) in [5, 5.41) is 12.1. The number of aromatic nitrogens is 3. The van der Waals surface area contributed by atoms with Crippen LogP contribution in [-0.4, -0.2) is 62.7 Å². The summed E-state index contributed by atoms with van der Waals surface area (Å²) in [4.78, 5) is 26.9. The van der Waals surface area contributed by atoms with Crippen LogP contribution in [0.2, 0.25) is 0 Å². The predicted octanol–water partition coefficient (Wildman–Crippen LogP) is 7.09. The highest BCUT2D eigenvalue weighted by atomic mass is 16.5. The minimum absolute atomic E-state index is 0.109. The zero-order valence-corrected chi connectivity index (χ0v) is 29.5. The number of hydrogen-bond donors (Lipinski definition) is 1. The first-order valence-electron chi connectivity index (χ1n) is 16.5. The highest BCUT2D eigenvalue weighted by Gasteiger charge is 2.31. The first-order chi connectivity index (χ1) is 21.6. The molecule has 0 fully saturated rings. The number of nitrogens with zero attached hydrogens (tertiary/aromatic N) is 4. The van der Waals surface area contributed by atoms with Crippen molar-refractivity contribution in [2.24, 2.45) is 5.41 Å². The monoisotopic (exact) mass is 633 g/mol. The minimum atomic E-state index is -0.422. The summed E-state index contributed by atoms with van der Waals surface area (Å²) in [6, 6.07) is 7.98. The summed E-state index contributed by atoms with van der Waals surface area (Å²) in [5.74, 6) is -0.276. The van der Waals surface area contributed by atoms with Crippen molar-refractivity contribution in [3.05, 3.63) is 66.0 Å². The van der Waals surface area contributed by atoms with Crippen molar-refractivity contribution < 1.29 is 19.1 Å². The number of amides is 2. The lowest BCUT2D eigenvalue weighted by atomic mass is 9.91. The Kier molecular flexibility index (Phi) is 12.7. The molecule has 2 amide bonds.